The molecule has 23 heavy (non-hydrogen) atoms. The summed E-state index contributed by atoms with van der Waals surface area (Å²) < 4.78 is 6.32. The largest absolute Gasteiger partial charge is 0.373 e. The van der Waals surface area contributed by atoms with Gasteiger partial charge < -0.3 is 9.64 Å². The molecule has 3 saturated heterocycles. The number of hydrogen-bond donors (Lipinski definition) is 0. The van der Waals surface area contributed by atoms with Crippen LogP contribution < -0.4 is 4.90 Å². The number of aromatic nitrogens is 2. The van der Waals surface area contributed by atoms with Gasteiger partial charge >= 0.3 is 0 Å². The van der Waals surface area contributed by atoms with Crippen molar-refractivity contribution in [2.24, 2.45) is 0 Å². The molecule has 0 aromatic carbocycles. The lowest BCUT2D eigenvalue weighted by atomic mass is 9.87. The molecule has 0 aliphatic carbocycles. The van der Waals surface area contributed by atoms with E-state index in [1.165, 1.54) is 37.9 Å². The number of hydrogen-bond acceptors (Lipinski definition) is 5. The molecule has 5 nitrogen and oxygen atoms in total. The summed E-state index contributed by atoms with van der Waals surface area (Å²) in [5.41, 5.74) is 1.32. The fourth-order valence-corrected chi connectivity index (χ4v) is 4.32. The van der Waals surface area contributed by atoms with Crippen molar-refractivity contribution in [2.45, 2.75) is 57.1 Å². The maximum Gasteiger partial charge on any atom is 0.225 e. The van der Waals surface area contributed by atoms with Gasteiger partial charge in [-0.1, -0.05) is 6.92 Å². The summed E-state index contributed by atoms with van der Waals surface area (Å²) in [5.74, 6) is 0.881. The minimum Gasteiger partial charge on any atom is -0.373 e. The Hall–Kier alpha value is -1.20. The topological polar surface area (TPSA) is 41.5 Å². The predicted molar refractivity (Wildman–Crippen MR) is 90.8 cm³/mol. The Morgan fingerprint density at radius 1 is 1.13 bits per heavy atom. The highest BCUT2D eigenvalue weighted by Crippen LogP contribution is 2.38. The Labute approximate surface area is 139 Å². The van der Waals surface area contributed by atoms with Crippen molar-refractivity contribution in [3.63, 3.8) is 0 Å². The number of ether oxygens (including phenoxy) is 1. The van der Waals surface area contributed by atoms with E-state index in [1.54, 1.807) is 0 Å². The highest BCUT2D eigenvalue weighted by molar-refractivity contribution is 5.31. The Morgan fingerprint density at radius 2 is 1.83 bits per heavy atom. The Kier molecular flexibility index (Phi) is 4.24. The third kappa shape index (κ3) is 3.09. The van der Waals surface area contributed by atoms with E-state index < -0.39 is 0 Å². The third-order valence-corrected chi connectivity index (χ3v) is 5.90. The molecular formula is C18H28N4O. The number of nitrogens with zero attached hydrogens (tertiary/aromatic N) is 4. The van der Waals surface area contributed by atoms with Crippen LogP contribution in [0.1, 0.15) is 44.6 Å². The Balaban J connectivity index is 1.35. The molecule has 0 amide bonds. The van der Waals surface area contributed by atoms with Crippen LogP contribution in [0.4, 0.5) is 5.95 Å². The lowest BCUT2D eigenvalue weighted by Crippen LogP contribution is -2.45. The molecule has 5 heteroatoms. The summed E-state index contributed by atoms with van der Waals surface area (Å²) in [5, 5.41) is 0. The van der Waals surface area contributed by atoms with Gasteiger partial charge in [0.25, 0.3) is 0 Å². The van der Waals surface area contributed by atoms with Gasteiger partial charge in [0.15, 0.2) is 0 Å². The van der Waals surface area contributed by atoms with Crippen molar-refractivity contribution in [3.05, 3.63) is 18.0 Å². The summed E-state index contributed by atoms with van der Waals surface area (Å²) in [7, 11) is 0. The van der Waals surface area contributed by atoms with Crippen LogP contribution in [0.3, 0.4) is 0 Å². The van der Waals surface area contributed by atoms with E-state index in [2.05, 4.69) is 26.7 Å². The highest BCUT2D eigenvalue weighted by Gasteiger charge is 2.44. The van der Waals surface area contributed by atoms with Crippen LogP contribution in [0.25, 0.3) is 0 Å². The number of aryl methyl sites for hydroxylation is 1. The fraction of sp³-hybridized carbons (Fsp3) is 0.778. The van der Waals surface area contributed by atoms with Crippen LogP contribution in [0.5, 0.6) is 0 Å². The fourth-order valence-electron chi connectivity index (χ4n) is 4.32. The molecule has 126 valence electrons. The van der Waals surface area contributed by atoms with Gasteiger partial charge in [0.2, 0.25) is 5.95 Å². The van der Waals surface area contributed by atoms with Crippen molar-refractivity contribution in [1.82, 2.24) is 14.9 Å². The SMILES string of the molecule is CCc1cnc(N2CCC3(CC2)C[C@H](N2CCCC2)CO3)nc1. The van der Waals surface area contributed by atoms with Gasteiger partial charge in [-0.2, -0.15) is 0 Å². The van der Waals surface area contributed by atoms with Gasteiger partial charge in [0.1, 0.15) is 0 Å². The zero-order valence-corrected chi connectivity index (χ0v) is 14.2. The molecule has 1 aromatic heterocycles. The maximum absolute atomic E-state index is 6.32. The first-order valence-corrected chi connectivity index (χ1v) is 9.22. The van der Waals surface area contributed by atoms with E-state index in [4.69, 9.17) is 4.74 Å². The summed E-state index contributed by atoms with van der Waals surface area (Å²) >= 11 is 0. The Morgan fingerprint density at radius 3 is 2.48 bits per heavy atom. The van der Waals surface area contributed by atoms with E-state index in [1.807, 2.05) is 12.4 Å². The van der Waals surface area contributed by atoms with E-state index in [-0.39, 0.29) is 5.60 Å². The lowest BCUT2D eigenvalue weighted by molar-refractivity contribution is -0.0159. The average molecular weight is 316 g/mol. The van der Waals surface area contributed by atoms with E-state index in [0.717, 1.165) is 44.9 Å². The average Bonchev–Trinajstić information content (AvgIpc) is 3.26. The second-order valence-corrected chi connectivity index (χ2v) is 7.33. The van der Waals surface area contributed by atoms with Crippen LogP contribution in [-0.4, -0.2) is 59.3 Å². The molecule has 0 radical (unpaired) electrons. The molecule has 0 bridgehead atoms. The van der Waals surface area contributed by atoms with Gasteiger partial charge in [-0.05, 0) is 57.2 Å². The molecule has 3 fully saturated rings. The first-order valence-electron chi connectivity index (χ1n) is 9.22. The minimum atomic E-state index is 0.118. The molecule has 4 heterocycles. The quantitative estimate of drug-likeness (QED) is 0.855. The van der Waals surface area contributed by atoms with Gasteiger partial charge in [-0.25, -0.2) is 9.97 Å². The summed E-state index contributed by atoms with van der Waals surface area (Å²) in [6.45, 7) is 7.64. The van der Waals surface area contributed by atoms with Crippen LogP contribution >= 0.6 is 0 Å². The smallest absolute Gasteiger partial charge is 0.225 e. The van der Waals surface area contributed by atoms with E-state index in [9.17, 15) is 0 Å². The second kappa shape index (κ2) is 6.36. The minimum absolute atomic E-state index is 0.118. The molecule has 0 unspecified atom stereocenters. The normalized spacial score (nSPS) is 27.9. The molecule has 1 atom stereocenters. The summed E-state index contributed by atoms with van der Waals surface area (Å²) in [6, 6.07) is 0.657. The van der Waals surface area contributed by atoms with Gasteiger partial charge in [0, 0.05) is 31.5 Å². The molecule has 1 aromatic rings. The molecule has 0 saturated carbocycles. The first kappa shape index (κ1) is 15.3. The molecule has 3 aliphatic rings. The number of likely N-dealkylation sites (tertiary alicyclic amines) is 1. The van der Waals surface area contributed by atoms with Crippen LogP contribution in [-0.2, 0) is 11.2 Å². The van der Waals surface area contributed by atoms with Gasteiger partial charge in [-0.3, -0.25) is 4.90 Å². The molecule has 1 spiro atoms. The van der Waals surface area contributed by atoms with Crippen molar-refractivity contribution in [2.75, 3.05) is 37.7 Å². The zero-order valence-electron chi connectivity index (χ0n) is 14.2. The number of rotatable bonds is 3. The molecule has 0 N–H and O–H groups in total. The Bertz CT molecular complexity index is 518. The second-order valence-electron chi connectivity index (χ2n) is 7.33. The predicted octanol–water partition coefficient (Wildman–Crippen LogP) is 2.26. The monoisotopic (exact) mass is 316 g/mol. The van der Waals surface area contributed by atoms with Crippen LogP contribution in [0, 0.1) is 0 Å². The van der Waals surface area contributed by atoms with Crippen molar-refractivity contribution in [1.29, 1.82) is 0 Å². The number of piperidine rings is 1. The van der Waals surface area contributed by atoms with Crippen molar-refractivity contribution < 1.29 is 4.74 Å². The summed E-state index contributed by atoms with van der Waals surface area (Å²) in [4.78, 5) is 14.0. The maximum atomic E-state index is 6.32. The van der Waals surface area contributed by atoms with Crippen LogP contribution in [0.2, 0.25) is 0 Å². The van der Waals surface area contributed by atoms with Gasteiger partial charge in [0.05, 0.1) is 12.2 Å². The van der Waals surface area contributed by atoms with E-state index >= 15 is 0 Å². The standard InChI is InChI=1S/C18H28N4O/c1-2-15-12-19-17(20-13-15)22-9-5-18(6-10-22)11-16(14-23-18)21-7-3-4-8-21/h12-13,16H,2-11,14H2,1H3/t16-/m0/s1. The summed E-state index contributed by atoms with van der Waals surface area (Å²) in [6.07, 6.45) is 11.1. The van der Waals surface area contributed by atoms with Crippen molar-refractivity contribution >= 4 is 5.95 Å². The van der Waals surface area contributed by atoms with Crippen LogP contribution in [0.15, 0.2) is 12.4 Å². The van der Waals surface area contributed by atoms with E-state index in [0.29, 0.717) is 6.04 Å². The highest BCUT2D eigenvalue weighted by atomic mass is 16.5. The van der Waals surface area contributed by atoms with Gasteiger partial charge in [-0.15, -0.1) is 0 Å². The molecule has 3 aliphatic heterocycles. The molecule has 4 rings (SSSR count). The zero-order chi connectivity index (χ0) is 15.7. The molecular weight excluding hydrogens is 288 g/mol. The third-order valence-electron chi connectivity index (χ3n) is 5.90. The number of anilines is 1. The lowest BCUT2D eigenvalue weighted by Gasteiger charge is -2.39. The van der Waals surface area contributed by atoms with Crippen molar-refractivity contribution in [3.8, 4) is 0 Å². The first-order chi connectivity index (χ1) is 11.3.